The second kappa shape index (κ2) is 8.51. The number of carbonyl (C=O) groups excluding carboxylic acids is 1. The molecular formula is C21H23N3O3. The second-order valence-electron chi connectivity index (χ2n) is 6.20. The molecule has 0 fully saturated rings. The Kier molecular flexibility index (Phi) is 5.88. The molecule has 0 unspecified atom stereocenters. The summed E-state index contributed by atoms with van der Waals surface area (Å²) in [7, 11) is 1.36. The normalized spacial score (nSPS) is 10.6. The third kappa shape index (κ3) is 4.35. The molecule has 2 N–H and O–H groups in total. The molecular weight excluding hydrogens is 342 g/mol. The van der Waals surface area contributed by atoms with Crippen LogP contribution in [0.3, 0.4) is 0 Å². The fourth-order valence-corrected chi connectivity index (χ4v) is 2.88. The number of ether oxygens (including phenoxy) is 2. The van der Waals surface area contributed by atoms with Gasteiger partial charge >= 0.3 is 5.97 Å². The number of hydrogen-bond donors (Lipinski definition) is 1. The summed E-state index contributed by atoms with van der Waals surface area (Å²) in [5, 5.41) is 4.23. The van der Waals surface area contributed by atoms with E-state index in [1.807, 2.05) is 48.1 Å². The van der Waals surface area contributed by atoms with Crippen molar-refractivity contribution in [2.24, 2.45) is 5.73 Å². The summed E-state index contributed by atoms with van der Waals surface area (Å²) in [6.45, 7) is 2.73. The number of methoxy groups -OCH3 is 1. The maximum absolute atomic E-state index is 12.1. The molecule has 27 heavy (non-hydrogen) atoms. The number of aromatic nitrogens is 2. The lowest BCUT2D eigenvalue weighted by Crippen LogP contribution is -2.14. The number of carbonyl (C=O) groups is 1. The van der Waals surface area contributed by atoms with Crippen molar-refractivity contribution >= 4 is 5.97 Å². The van der Waals surface area contributed by atoms with Crippen LogP contribution < -0.4 is 10.5 Å². The quantitative estimate of drug-likeness (QED) is 0.651. The van der Waals surface area contributed by atoms with E-state index in [1.54, 1.807) is 6.20 Å². The molecule has 0 radical (unpaired) electrons. The Morgan fingerprint density at radius 1 is 1.22 bits per heavy atom. The van der Waals surface area contributed by atoms with Gasteiger partial charge < -0.3 is 15.2 Å². The maximum atomic E-state index is 12.1. The van der Waals surface area contributed by atoms with Crippen LogP contribution in [0.4, 0.5) is 0 Å². The fourth-order valence-electron chi connectivity index (χ4n) is 2.88. The van der Waals surface area contributed by atoms with Crippen molar-refractivity contribution in [2.75, 3.05) is 20.3 Å². The van der Waals surface area contributed by atoms with Crippen molar-refractivity contribution in [2.45, 2.75) is 13.3 Å². The predicted molar refractivity (Wildman–Crippen MR) is 103 cm³/mol. The molecule has 140 valence electrons. The zero-order valence-electron chi connectivity index (χ0n) is 15.5. The molecule has 0 amide bonds. The minimum atomic E-state index is -0.419. The molecule has 2 aromatic carbocycles. The molecule has 6 nitrogen and oxygen atoms in total. The first kappa shape index (κ1) is 18.7. The Morgan fingerprint density at radius 3 is 2.63 bits per heavy atom. The van der Waals surface area contributed by atoms with Gasteiger partial charge in [-0.15, -0.1) is 0 Å². The van der Waals surface area contributed by atoms with E-state index < -0.39 is 5.97 Å². The van der Waals surface area contributed by atoms with Crippen molar-refractivity contribution in [3.05, 3.63) is 77.1 Å². The lowest BCUT2D eigenvalue weighted by molar-refractivity contribution is 0.0596. The standard InChI is InChI=1S/C21H23N3O3/c1-15-12-20(27-11-8-22)19(21(25)26-2)14-17(15)13-16-4-6-18(7-5-16)24-10-3-9-23-24/h3-7,9-10,12,14H,8,11,13,22H2,1-2H3. The van der Waals surface area contributed by atoms with Crippen LogP contribution in [0.5, 0.6) is 5.75 Å². The summed E-state index contributed by atoms with van der Waals surface area (Å²) in [5.74, 6) is 0.0832. The Balaban J connectivity index is 1.86. The highest BCUT2D eigenvalue weighted by molar-refractivity contribution is 5.93. The first-order valence-corrected chi connectivity index (χ1v) is 8.76. The van der Waals surface area contributed by atoms with Gasteiger partial charge in [-0.25, -0.2) is 9.48 Å². The number of nitrogens with zero attached hydrogens (tertiary/aromatic N) is 2. The van der Waals surface area contributed by atoms with E-state index in [2.05, 4.69) is 17.2 Å². The summed E-state index contributed by atoms with van der Waals surface area (Å²) in [5.41, 5.74) is 10.2. The van der Waals surface area contributed by atoms with Crippen LogP contribution in [0, 0.1) is 6.92 Å². The van der Waals surface area contributed by atoms with Gasteiger partial charge in [0.1, 0.15) is 17.9 Å². The highest BCUT2D eigenvalue weighted by Gasteiger charge is 2.16. The molecule has 6 heteroatoms. The molecule has 3 aromatic rings. The molecule has 3 rings (SSSR count). The zero-order chi connectivity index (χ0) is 19.2. The van der Waals surface area contributed by atoms with E-state index in [1.165, 1.54) is 7.11 Å². The number of rotatable bonds is 7. The number of aryl methyl sites for hydroxylation is 1. The summed E-state index contributed by atoms with van der Waals surface area (Å²) in [4.78, 5) is 12.1. The van der Waals surface area contributed by atoms with Crippen LogP contribution in [-0.4, -0.2) is 36.0 Å². The lowest BCUT2D eigenvalue weighted by Gasteiger charge is -2.14. The molecule has 0 atom stereocenters. The first-order chi connectivity index (χ1) is 13.1. The predicted octanol–water partition coefficient (Wildman–Crippen LogP) is 2.90. The lowest BCUT2D eigenvalue weighted by atomic mass is 9.97. The minimum absolute atomic E-state index is 0.345. The monoisotopic (exact) mass is 365 g/mol. The van der Waals surface area contributed by atoms with E-state index in [0.29, 0.717) is 30.9 Å². The number of nitrogens with two attached hydrogens (primary N) is 1. The van der Waals surface area contributed by atoms with E-state index >= 15 is 0 Å². The van der Waals surface area contributed by atoms with Crippen LogP contribution in [0.15, 0.2) is 54.9 Å². The molecule has 1 aromatic heterocycles. The van der Waals surface area contributed by atoms with E-state index in [0.717, 1.165) is 22.4 Å². The average molecular weight is 365 g/mol. The molecule has 0 aliphatic heterocycles. The van der Waals surface area contributed by atoms with E-state index in [9.17, 15) is 4.79 Å². The molecule has 1 heterocycles. The maximum Gasteiger partial charge on any atom is 0.341 e. The van der Waals surface area contributed by atoms with Gasteiger partial charge in [0, 0.05) is 18.9 Å². The van der Waals surface area contributed by atoms with Crippen LogP contribution in [0.2, 0.25) is 0 Å². The van der Waals surface area contributed by atoms with Crippen LogP contribution in [0.25, 0.3) is 5.69 Å². The van der Waals surface area contributed by atoms with E-state index in [4.69, 9.17) is 15.2 Å². The molecule has 0 saturated carbocycles. The molecule has 0 saturated heterocycles. The van der Waals surface area contributed by atoms with Crippen molar-refractivity contribution in [1.29, 1.82) is 0 Å². The highest BCUT2D eigenvalue weighted by atomic mass is 16.5. The van der Waals surface area contributed by atoms with Crippen LogP contribution >= 0.6 is 0 Å². The topological polar surface area (TPSA) is 79.4 Å². The SMILES string of the molecule is COC(=O)c1cc(Cc2ccc(-n3cccn3)cc2)c(C)cc1OCCN. The first-order valence-electron chi connectivity index (χ1n) is 8.76. The second-order valence-corrected chi connectivity index (χ2v) is 6.20. The highest BCUT2D eigenvalue weighted by Crippen LogP contribution is 2.26. The smallest absolute Gasteiger partial charge is 0.341 e. The number of hydrogen-bond acceptors (Lipinski definition) is 5. The summed E-state index contributed by atoms with van der Waals surface area (Å²) < 4.78 is 12.3. The number of esters is 1. The van der Waals surface area contributed by atoms with Gasteiger partial charge in [0.05, 0.1) is 12.8 Å². The summed E-state index contributed by atoms with van der Waals surface area (Å²) in [6.07, 6.45) is 4.36. The van der Waals surface area contributed by atoms with Crippen molar-refractivity contribution < 1.29 is 14.3 Å². The largest absolute Gasteiger partial charge is 0.491 e. The van der Waals surface area contributed by atoms with Gasteiger partial charge in [-0.1, -0.05) is 12.1 Å². The molecule has 0 aliphatic rings. The van der Waals surface area contributed by atoms with Crippen LogP contribution in [0.1, 0.15) is 27.0 Å². The van der Waals surface area contributed by atoms with Crippen molar-refractivity contribution in [1.82, 2.24) is 9.78 Å². The van der Waals surface area contributed by atoms with Gasteiger partial charge in [-0.3, -0.25) is 0 Å². The zero-order valence-corrected chi connectivity index (χ0v) is 15.5. The Hall–Kier alpha value is -3.12. The van der Waals surface area contributed by atoms with Crippen molar-refractivity contribution in [3.8, 4) is 11.4 Å². The molecule has 0 aliphatic carbocycles. The molecule has 0 spiro atoms. The van der Waals surface area contributed by atoms with E-state index in [-0.39, 0.29) is 0 Å². The Bertz CT molecular complexity index is 903. The van der Waals surface area contributed by atoms with Gasteiger partial charge in [-0.2, -0.15) is 5.10 Å². The summed E-state index contributed by atoms with van der Waals surface area (Å²) in [6, 6.07) is 13.8. The van der Waals surface area contributed by atoms with Gasteiger partial charge in [0.15, 0.2) is 0 Å². The summed E-state index contributed by atoms with van der Waals surface area (Å²) >= 11 is 0. The van der Waals surface area contributed by atoms with Gasteiger partial charge in [0.2, 0.25) is 0 Å². The van der Waals surface area contributed by atoms with Crippen LogP contribution in [-0.2, 0) is 11.2 Å². The third-order valence-electron chi connectivity index (χ3n) is 4.32. The van der Waals surface area contributed by atoms with Gasteiger partial charge in [-0.05, 0) is 60.4 Å². The Labute approximate surface area is 158 Å². The Morgan fingerprint density at radius 2 is 2.00 bits per heavy atom. The van der Waals surface area contributed by atoms with Gasteiger partial charge in [0.25, 0.3) is 0 Å². The minimum Gasteiger partial charge on any atom is -0.491 e. The average Bonchev–Trinajstić information content (AvgIpc) is 3.22. The van der Waals surface area contributed by atoms with Crippen molar-refractivity contribution in [3.63, 3.8) is 0 Å². The fraction of sp³-hybridized carbons (Fsp3) is 0.238. The number of benzene rings is 2. The third-order valence-corrected chi connectivity index (χ3v) is 4.32. The molecule has 0 bridgehead atoms.